The van der Waals surface area contributed by atoms with Crippen LogP contribution < -0.4 is 10.6 Å². The SMILES string of the molecule is CC1(N)CCCCC1C(=O)N1CCC(CN2CCc3ccccc32)CC1.Cl.Cl. The molecule has 0 aromatic heterocycles. The second kappa shape index (κ2) is 9.69. The van der Waals surface area contributed by atoms with Gasteiger partial charge in [0.05, 0.1) is 5.92 Å². The van der Waals surface area contributed by atoms with Crippen molar-refractivity contribution in [3.05, 3.63) is 29.8 Å². The zero-order valence-electron chi connectivity index (χ0n) is 16.9. The number of carbonyl (C=O) groups is 1. The lowest BCUT2D eigenvalue weighted by atomic mass is 9.73. The molecule has 1 aromatic carbocycles. The topological polar surface area (TPSA) is 49.6 Å². The third-order valence-electron chi connectivity index (χ3n) is 6.94. The smallest absolute Gasteiger partial charge is 0.227 e. The minimum Gasteiger partial charge on any atom is -0.371 e. The van der Waals surface area contributed by atoms with E-state index in [0.717, 1.165) is 64.7 Å². The van der Waals surface area contributed by atoms with E-state index in [1.165, 1.54) is 17.7 Å². The molecule has 4 nitrogen and oxygen atoms in total. The van der Waals surface area contributed by atoms with Gasteiger partial charge >= 0.3 is 0 Å². The molecular weight excluding hydrogens is 393 g/mol. The molecule has 4 rings (SSSR count). The fourth-order valence-electron chi connectivity index (χ4n) is 5.23. The summed E-state index contributed by atoms with van der Waals surface area (Å²) in [6.07, 6.45) is 7.68. The van der Waals surface area contributed by atoms with Crippen molar-refractivity contribution in [2.24, 2.45) is 17.6 Å². The lowest BCUT2D eigenvalue weighted by Gasteiger charge is -2.42. The molecule has 28 heavy (non-hydrogen) atoms. The number of nitrogens with two attached hydrogens (primary N) is 1. The Morgan fingerprint density at radius 2 is 1.82 bits per heavy atom. The van der Waals surface area contributed by atoms with Crippen molar-refractivity contribution in [3.63, 3.8) is 0 Å². The Labute approximate surface area is 182 Å². The second-order valence-electron chi connectivity index (χ2n) is 8.90. The molecule has 1 aliphatic carbocycles. The first-order chi connectivity index (χ1) is 12.5. The van der Waals surface area contributed by atoms with Gasteiger partial charge in [0.25, 0.3) is 0 Å². The number of amides is 1. The van der Waals surface area contributed by atoms with Gasteiger partial charge in [-0.25, -0.2) is 0 Å². The number of likely N-dealkylation sites (tertiary alicyclic amines) is 1. The number of hydrogen-bond acceptors (Lipinski definition) is 3. The van der Waals surface area contributed by atoms with E-state index < -0.39 is 0 Å². The fourth-order valence-corrected chi connectivity index (χ4v) is 5.23. The van der Waals surface area contributed by atoms with Gasteiger partial charge in [0.15, 0.2) is 0 Å². The van der Waals surface area contributed by atoms with Crippen LogP contribution in [0.1, 0.15) is 51.0 Å². The van der Waals surface area contributed by atoms with Gasteiger partial charge in [0, 0.05) is 37.4 Å². The average molecular weight is 428 g/mol. The summed E-state index contributed by atoms with van der Waals surface area (Å²) in [7, 11) is 0. The molecule has 2 fully saturated rings. The van der Waals surface area contributed by atoms with Gasteiger partial charge in [-0.15, -0.1) is 24.8 Å². The number of nitrogens with zero attached hydrogens (tertiary/aromatic N) is 2. The quantitative estimate of drug-likeness (QED) is 0.791. The highest BCUT2D eigenvalue weighted by Crippen LogP contribution is 2.34. The molecular formula is C22H35Cl2N3O. The Kier molecular flexibility index (Phi) is 8.06. The molecule has 2 unspecified atom stereocenters. The number of halogens is 2. The summed E-state index contributed by atoms with van der Waals surface area (Å²) in [5, 5.41) is 0. The molecule has 1 saturated carbocycles. The summed E-state index contributed by atoms with van der Waals surface area (Å²) in [6.45, 7) is 6.17. The first-order valence-corrected chi connectivity index (χ1v) is 10.4. The van der Waals surface area contributed by atoms with Crippen molar-refractivity contribution in [2.75, 3.05) is 31.1 Å². The van der Waals surface area contributed by atoms with E-state index in [2.05, 4.69) is 41.0 Å². The van der Waals surface area contributed by atoms with Crippen molar-refractivity contribution in [2.45, 2.75) is 57.4 Å². The van der Waals surface area contributed by atoms with Gasteiger partial charge in [-0.3, -0.25) is 4.79 Å². The Morgan fingerprint density at radius 1 is 1.11 bits per heavy atom. The molecule has 1 saturated heterocycles. The maximum atomic E-state index is 13.0. The van der Waals surface area contributed by atoms with E-state index in [1.54, 1.807) is 0 Å². The van der Waals surface area contributed by atoms with Gasteiger partial charge in [-0.1, -0.05) is 31.0 Å². The van der Waals surface area contributed by atoms with Crippen LogP contribution >= 0.6 is 24.8 Å². The van der Waals surface area contributed by atoms with Crippen LogP contribution in [-0.4, -0.2) is 42.5 Å². The number of anilines is 1. The summed E-state index contributed by atoms with van der Waals surface area (Å²) >= 11 is 0. The second-order valence-corrected chi connectivity index (χ2v) is 8.90. The van der Waals surface area contributed by atoms with Crippen molar-refractivity contribution in [3.8, 4) is 0 Å². The maximum Gasteiger partial charge on any atom is 0.227 e. The van der Waals surface area contributed by atoms with Crippen LogP contribution in [0.4, 0.5) is 5.69 Å². The monoisotopic (exact) mass is 427 g/mol. The van der Waals surface area contributed by atoms with Crippen molar-refractivity contribution in [1.82, 2.24) is 4.90 Å². The molecule has 0 radical (unpaired) electrons. The number of hydrogen-bond donors (Lipinski definition) is 1. The summed E-state index contributed by atoms with van der Waals surface area (Å²) in [5.74, 6) is 1.04. The molecule has 2 N–H and O–H groups in total. The van der Waals surface area contributed by atoms with Gasteiger partial charge in [0.1, 0.15) is 0 Å². The van der Waals surface area contributed by atoms with Gasteiger partial charge in [-0.05, 0) is 56.6 Å². The molecule has 6 heteroatoms. The lowest BCUT2D eigenvalue weighted by molar-refractivity contribution is -0.140. The van der Waals surface area contributed by atoms with E-state index in [9.17, 15) is 4.79 Å². The van der Waals surface area contributed by atoms with Gasteiger partial charge in [0.2, 0.25) is 5.91 Å². The van der Waals surface area contributed by atoms with E-state index >= 15 is 0 Å². The summed E-state index contributed by atoms with van der Waals surface area (Å²) in [6, 6.07) is 8.80. The van der Waals surface area contributed by atoms with E-state index in [1.807, 2.05) is 0 Å². The van der Waals surface area contributed by atoms with Crippen LogP contribution in [0.2, 0.25) is 0 Å². The number of carbonyl (C=O) groups excluding carboxylic acids is 1. The Balaban J connectivity index is 0.00000140. The maximum absolute atomic E-state index is 13.0. The standard InChI is InChI=1S/C22H33N3O.2ClH/c1-22(23)12-5-4-7-19(22)21(26)24-13-9-17(10-14-24)16-25-15-11-18-6-2-3-8-20(18)25;;/h2-3,6,8,17,19H,4-5,7,9-16,23H2,1H3;2*1H. The minimum atomic E-state index is -0.314. The Morgan fingerprint density at radius 3 is 2.54 bits per heavy atom. The van der Waals surface area contributed by atoms with Crippen LogP contribution in [-0.2, 0) is 11.2 Å². The first-order valence-electron chi connectivity index (χ1n) is 10.4. The van der Waals surface area contributed by atoms with E-state index in [0.29, 0.717) is 11.8 Å². The fraction of sp³-hybridized carbons (Fsp3) is 0.682. The van der Waals surface area contributed by atoms with Crippen LogP contribution in [0.5, 0.6) is 0 Å². The van der Waals surface area contributed by atoms with Crippen molar-refractivity contribution >= 4 is 36.4 Å². The van der Waals surface area contributed by atoms with Crippen LogP contribution in [0, 0.1) is 11.8 Å². The van der Waals surface area contributed by atoms with Gasteiger partial charge in [-0.2, -0.15) is 0 Å². The minimum absolute atomic E-state index is 0. The summed E-state index contributed by atoms with van der Waals surface area (Å²) in [5.41, 5.74) is 9.05. The summed E-state index contributed by atoms with van der Waals surface area (Å²) < 4.78 is 0. The molecule has 158 valence electrons. The molecule has 2 heterocycles. The molecule has 1 amide bonds. The third-order valence-corrected chi connectivity index (χ3v) is 6.94. The zero-order valence-corrected chi connectivity index (χ0v) is 18.6. The molecule has 2 atom stereocenters. The predicted octanol–water partition coefficient (Wildman–Crippen LogP) is 4.04. The third kappa shape index (κ3) is 4.77. The van der Waals surface area contributed by atoms with Crippen molar-refractivity contribution < 1.29 is 4.79 Å². The number of piperidine rings is 1. The van der Waals surface area contributed by atoms with Crippen molar-refractivity contribution in [1.29, 1.82) is 0 Å². The molecule has 0 bridgehead atoms. The number of benzene rings is 1. The zero-order chi connectivity index (χ0) is 18.1. The normalized spacial score (nSPS) is 27.6. The Hall–Kier alpha value is -0.970. The highest BCUT2D eigenvalue weighted by molar-refractivity contribution is 5.85. The highest BCUT2D eigenvalue weighted by Gasteiger charge is 2.40. The Bertz CT molecular complexity index is 659. The number of rotatable bonds is 3. The number of fused-ring (bicyclic) bond motifs is 1. The largest absolute Gasteiger partial charge is 0.371 e. The first kappa shape index (κ1) is 23.3. The molecule has 2 aliphatic heterocycles. The van der Waals surface area contributed by atoms with E-state index in [-0.39, 0.29) is 36.3 Å². The van der Waals surface area contributed by atoms with E-state index in [4.69, 9.17) is 5.73 Å². The molecule has 1 aromatic rings. The average Bonchev–Trinajstić information content (AvgIpc) is 3.05. The molecule has 0 spiro atoms. The lowest BCUT2D eigenvalue weighted by Crippen LogP contribution is -2.55. The summed E-state index contributed by atoms with van der Waals surface area (Å²) in [4.78, 5) is 17.7. The highest BCUT2D eigenvalue weighted by atomic mass is 35.5. The molecule has 3 aliphatic rings. The van der Waals surface area contributed by atoms with Crippen LogP contribution in [0.25, 0.3) is 0 Å². The van der Waals surface area contributed by atoms with Gasteiger partial charge < -0.3 is 15.5 Å². The number of para-hydroxylation sites is 1. The van der Waals surface area contributed by atoms with Crippen LogP contribution in [0.3, 0.4) is 0 Å². The predicted molar refractivity (Wildman–Crippen MR) is 121 cm³/mol. The van der Waals surface area contributed by atoms with Crippen LogP contribution in [0.15, 0.2) is 24.3 Å².